The Kier molecular flexibility index (Phi) is 4.26. The number of carbonyl (C=O) groups excluding carboxylic acids is 1. The van der Waals surface area contributed by atoms with E-state index in [4.69, 9.17) is 4.74 Å². The summed E-state index contributed by atoms with van der Waals surface area (Å²) in [6.07, 6.45) is 10.4. The number of hydrogen-bond donors (Lipinski definition) is 0. The van der Waals surface area contributed by atoms with Crippen LogP contribution in [-0.2, 0) is 18.4 Å². The monoisotopic (exact) mass is 338 g/mol. The van der Waals surface area contributed by atoms with Crippen molar-refractivity contribution in [3.63, 3.8) is 0 Å². The highest BCUT2D eigenvalue weighted by atomic mass is 16.5. The first-order valence-electron chi connectivity index (χ1n) is 8.74. The van der Waals surface area contributed by atoms with Crippen molar-refractivity contribution >= 4 is 5.91 Å². The molecule has 6 heteroatoms. The zero-order valence-electron chi connectivity index (χ0n) is 14.4. The van der Waals surface area contributed by atoms with Gasteiger partial charge >= 0.3 is 0 Å². The van der Waals surface area contributed by atoms with Crippen LogP contribution in [-0.4, -0.2) is 38.7 Å². The van der Waals surface area contributed by atoms with Gasteiger partial charge in [0.05, 0.1) is 31.2 Å². The smallest absolute Gasteiger partial charge is 0.249 e. The Morgan fingerprint density at radius 3 is 3.08 bits per heavy atom. The molecule has 1 atom stereocenters. The number of amides is 1. The van der Waals surface area contributed by atoms with E-state index in [1.165, 1.54) is 5.56 Å². The largest absolute Gasteiger partial charge is 0.491 e. The molecule has 0 unspecified atom stereocenters. The Morgan fingerprint density at radius 1 is 1.40 bits per heavy atom. The molecule has 2 aliphatic rings. The summed E-state index contributed by atoms with van der Waals surface area (Å²) in [6, 6.07) is 3.75. The molecule has 3 heterocycles. The second kappa shape index (κ2) is 6.70. The van der Waals surface area contributed by atoms with Crippen molar-refractivity contribution in [2.24, 2.45) is 7.05 Å². The van der Waals surface area contributed by atoms with E-state index in [0.29, 0.717) is 19.7 Å². The van der Waals surface area contributed by atoms with Gasteiger partial charge in [0.1, 0.15) is 5.75 Å². The van der Waals surface area contributed by atoms with E-state index in [1.54, 1.807) is 12.4 Å². The Labute approximate surface area is 147 Å². The summed E-state index contributed by atoms with van der Waals surface area (Å²) in [7, 11) is 1.93. The summed E-state index contributed by atoms with van der Waals surface area (Å²) in [5, 5.41) is 4.39. The van der Waals surface area contributed by atoms with Crippen molar-refractivity contribution in [3.8, 4) is 5.75 Å². The van der Waals surface area contributed by atoms with Gasteiger partial charge in [-0.25, -0.2) is 0 Å². The quantitative estimate of drug-likeness (QED) is 0.859. The van der Waals surface area contributed by atoms with Gasteiger partial charge in [0.2, 0.25) is 5.91 Å². The fraction of sp³-hybridized carbons (Fsp3) is 0.421. The molecule has 4 rings (SSSR count). The molecule has 2 aromatic rings. The third kappa shape index (κ3) is 3.16. The van der Waals surface area contributed by atoms with Crippen LogP contribution >= 0.6 is 0 Å². The maximum absolute atomic E-state index is 12.8. The SMILES string of the molecule is Cn1ncc2c1CN(C(=O)C1=CCCC1)C[C@H]2COc1cccnc1. The highest BCUT2D eigenvalue weighted by Gasteiger charge is 2.32. The van der Waals surface area contributed by atoms with Crippen LogP contribution in [0.3, 0.4) is 0 Å². The lowest BCUT2D eigenvalue weighted by atomic mass is 9.95. The van der Waals surface area contributed by atoms with Gasteiger partial charge in [0.25, 0.3) is 0 Å². The summed E-state index contributed by atoms with van der Waals surface area (Å²) in [5.41, 5.74) is 3.23. The zero-order valence-corrected chi connectivity index (χ0v) is 14.4. The fourth-order valence-electron chi connectivity index (χ4n) is 3.62. The van der Waals surface area contributed by atoms with E-state index in [2.05, 4.69) is 16.2 Å². The van der Waals surface area contributed by atoms with Crippen molar-refractivity contribution in [3.05, 3.63) is 53.6 Å². The van der Waals surface area contributed by atoms with Crippen LogP contribution in [0.4, 0.5) is 0 Å². The average Bonchev–Trinajstić information content (AvgIpc) is 3.30. The topological polar surface area (TPSA) is 60.2 Å². The van der Waals surface area contributed by atoms with Crippen molar-refractivity contribution in [2.75, 3.05) is 13.2 Å². The van der Waals surface area contributed by atoms with Crippen LogP contribution in [0.1, 0.15) is 36.4 Å². The number of carbonyl (C=O) groups is 1. The Balaban J connectivity index is 1.54. The molecule has 0 radical (unpaired) electrons. The fourth-order valence-corrected chi connectivity index (χ4v) is 3.62. The highest BCUT2D eigenvalue weighted by molar-refractivity contribution is 5.94. The molecular weight excluding hydrogens is 316 g/mol. The Hall–Kier alpha value is -2.63. The molecule has 0 saturated heterocycles. The highest BCUT2D eigenvalue weighted by Crippen LogP contribution is 2.31. The molecule has 6 nitrogen and oxygen atoms in total. The van der Waals surface area contributed by atoms with Gasteiger partial charge in [0.15, 0.2) is 0 Å². The number of pyridine rings is 1. The maximum Gasteiger partial charge on any atom is 0.249 e. The van der Waals surface area contributed by atoms with Crippen LogP contribution in [0.15, 0.2) is 42.4 Å². The number of rotatable bonds is 4. The molecular formula is C19H22N4O2. The van der Waals surface area contributed by atoms with Gasteiger partial charge < -0.3 is 9.64 Å². The minimum Gasteiger partial charge on any atom is -0.491 e. The number of hydrogen-bond acceptors (Lipinski definition) is 4. The van der Waals surface area contributed by atoms with Crippen LogP contribution < -0.4 is 4.74 Å². The van der Waals surface area contributed by atoms with E-state index in [1.807, 2.05) is 35.0 Å². The van der Waals surface area contributed by atoms with Crippen LogP contribution in [0.2, 0.25) is 0 Å². The predicted molar refractivity (Wildman–Crippen MR) is 93.0 cm³/mol. The number of nitrogens with zero attached hydrogens (tertiary/aromatic N) is 4. The van der Waals surface area contributed by atoms with Gasteiger partial charge in [-0.2, -0.15) is 5.10 Å². The zero-order chi connectivity index (χ0) is 17.2. The first kappa shape index (κ1) is 15.9. The molecule has 1 aliphatic carbocycles. The molecule has 0 N–H and O–H groups in total. The molecule has 25 heavy (non-hydrogen) atoms. The molecule has 1 aliphatic heterocycles. The average molecular weight is 338 g/mol. The van der Waals surface area contributed by atoms with Crippen molar-refractivity contribution in [1.82, 2.24) is 19.7 Å². The van der Waals surface area contributed by atoms with E-state index in [0.717, 1.165) is 36.3 Å². The van der Waals surface area contributed by atoms with E-state index in [-0.39, 0.29) is 11.8 Å². The molecule has 0 bridgehead atoms. The minimum absolute atomic E-state index is 0.114. The second-order valence-electron chi connectivity index (χ2n) is 6.67. The number of ether oxygens (including phenoxy) is 1. The summed E-state index contributed by atoms with van der Waals surface area (Å²) < 4.78 is 7.78. The van der Waals surface area contributed by atoms with E-state index in [9.17, 15) is 4.79 Å². The van der Waals surface area contributed by atoms with Gasteiger partial charge in [-0.1, -0.05) is 6.08 Å². The minimum atomic E-state index is 0.114. The second-order valence-corrected chi connectivity index (χ2v) is 6.67. The molecule has 0 saturated carbocycles. The standard InChI is InChI=1S/C19H22N4O2/c1-22-18-12-23(19(24)14-5-2-3-6-14)11-15(17(18)10-21-22)13-25-16-7-4-8-20-9-16/h4-5,7-10,15H,2-3,6,11-13H2,1H3/t15-/m0/s1. The van der Waals surface area contributed by atoms with Crippen molar-refractivity contribution < 1.29 is 9.53 Å². The number of aryl methyl sites for hydroxylation is 1. The summed E-state index contributed by atoms with van der Waals surface area (Å²) in [6.45, 7) is 1.79. The molecule has 130 valence electrons. The molecule has 0 fully saturated rings. The lowest BCUT2D eigenvalue weighted by Crippen LogP contribution is -2.40. The first-order chi connectivity index (χ1) is 12.2. The number of allylic oxidation sites excluding steroid dienone is 1. The van der Waals surface area contributed by atoms with Gasteiger partial charge in [-0.05, 0) is 31.4 Å². The molecule has 2 aromatic heterocycles. The lowest BCUT2D eigenvalue weighted by Gasteiger charge is -2.33. The maximum atomic E-state index is 12.8. The summed E-state index contributed by atoms with van der Waals surface area (Å²) >= 11 is 0. The summed E-state index contributed by atoms with van der Waals surface area (Å²) in [4.78, 5) is 18.9. The van der Waals surface area contributed by atoms with Crippen LogP contribution in [0.25, 0.3) is 0 Å². The van der Waals surface area contributed by atoms with Crippen LogP contribution in [0.5, 0.6) is 5.75 Å². The Bertz CT molecular complexity index is 797. The van der Waals surface area contributed by atoms with E-state index < -0.39 is 0 Å². The Morgan fingerprint density at radius 2 is 2.32 bits per heavy atom. The van der Waals surface area contributed by atoms with Gasteiger partial charge in [-0.3, -0.25) is 14.5 Å². The van der Waals surface area contributed by atoms with Crippen LogP contribution in [0, 0.1) is 0 Å². The third-order valence-electron chi connectivity index (χ3n) is 5.00. The predicted octanol–water partition coefficient (Wildman–Crippen LogP) is 2.43. The normalized spacial score (nSPS) is 19.5. The van der Waals surface area contributed by atoms with Crippen molar-refractivity contribution in [2.45, 2.75) is 31.7 Å². The molecule has 0 aromatic carbocycles. The third-order valence-corrected chi connectivity index (χ3v) is 5.00. The summed E-state index contributed by atoms with van der Waals surface area (Å²) in [5.74, 6) is 1.02. The first-order valence-corrected chi connectivity index (χ1v) is 8.74. The number of fused-ring (bicyclic) bond motifs is 1. The molecule has 0 spiro atoms. The van der Waals surface area contributed by atoms with E-state index >= 15 is 0 Å². The van der Waals surface area contributed by atoms with Gasteiger partial charge in [-0.15, -0.1) is 0 Å². The van der Waals surface area contributed by atoms with Crippen molar-refractivity contribution in [1.29, 1.82) is 0 Å². The van der Waals surface area contributed by atoms with Gasteiger partial charge in [0, 0.05) is 36.8 Å². The number of aromatic nitrogens is 3. The molecule has 1 amide bonds. The lowest BCUT2D eigenvalue weighted by molar-refractivity contribution is -0.128.